The summed E-state index contributed by atoms with van der Waals surface area (Å²) >= 11 is 0. The van der Waals surface area contributed by atoms with E-state index in [0.29, 0.717) is 6.42 Å². The third kappa shape index (κ3) is 2.81. The van der Waals surface area contributed by atoms with Gasteiger partial charge in [0.2, 0.25) is 0 Å². The molecule has 10 heteroatoms. The molecule has 0 unspecified atom stereocenters. The van der Waals surface area contributed by atoms with E-state index in [4.69, 9.17) is 18.9 Å². The Morgan fingerprint density at radius 1 is 1.00 bits per heavy atom. The van der Waals surface area contributed by atoms with Crippen LogP contribution in [0.5, 0.6) is 0 Å². The molecule has 1 aliphatic carbocycles. The van der Waals surface area contributed by atoms with Crippen LogP contribution in [-0.4, -0.2) is 98.8 Å². The van der Waals surface area contributed by atoms with Gasteiger partial charge in [0.1, 0.15) is 24.4 Å². The highest BCUT2D eigenvalue weighted by molar-refractivity contribution is 5.07. The van der Waals surface area contributed by atoms with Crippen LogP contribution >= 0.6 is 0 Å². The molecule has 4 aliphatic heterocycles. The maximum absolute atomic E-state index is 10.8. The number of fused-ring (bicyclic) bond motifs is 2. The first-order valence-corrected chi connectivity index (χ1v) is 8.47. The van der Waals surface area contributed by atoms with Crippen LogP contribution in [0.1, 0.15) is 12.8 Å². The molecule has 4 heterocycles. The normalized spacial score (nSPS) is 58.3. The second-order valence-electron chi connectivity index (χ2n) is 7.38. The van der Waals surface area contributed by atoms with E-state index in [0.717, 1.165) is 0 Å². The summed E-state index contributed by atoms with van der Waals surface area (Å²) in [4.78, 5) is 0. The van der Waals surface area contributed by atoms with Gasteiger partial charge >= 0.3 is 0 Å². The standard InChI is InChI=1S/C15H24O10/c16-3-7-10(18)11(19)12(20)14(23-7)25-13-9-5-1-8(24-13)22-4-15(9,21)2-6(5)17/h5-14,16-21H,1-4H2/t5-,6+,7+,8+,9+,10+,11-,12+,13-,14-,15+/m0/s1. The first-order valence-electron chi connectivity index (χ1n) is 8.47. The zero-order valence-corrected chi connectivity index (χ0v) is 13.4. The summed E-state index contributed by atoms with van der Waals surface area (Å²) in [7, 11) is 0. The number of hydrogen-bond acceptors (Lipinski definition) is 10. The fourth-order valence-corrected chi connectivity index (χ4v) is 4.49. The quantitative estimate of drug-likeness (QED) is 0.299. The van der Waals surface area contributed by atoms with Gasteiger partial charge in [-0.3, -0.25) is 0 Å². The van der Waals surface area contributed by atoms with Crippen molar-refractivity contribution in [3.8, 4) is 0 Å². The van der Waals surface area contributed by atoms with E-state index in [1.165, 1.54) is 0 Å². The van der Waals surface area contributed by atoms with Crippen LogP contribution in [-0.2, 0) is 18.9 Å². The maximum Gasteiger partial charge on any atom is 0.189 e. The molecule has 11 atom stereocenters. The number of aliphatic hydroxyl groups is 6. The summed E-state index contributed by atoms with van der Waals surface area (Å²) in [5.41, 5.74) is -1.33. The van der Waals surface area contributed by atoms with Crippen molar-refractivity contribution >= 4 is 0 Å². The Morgan fingerprint density at radius 2 is 1.76 bits per heavy atom. The lowest BCUT2D eigenvalue weighted by atomic mass is 9.83. The van der Waals surface area contributed by atoms with Gasteiger partial charge in [-0.05, 0) is 0 Å². The lowest BCUT2D eigenvalue weighted by Crippen LogP contribution is -2.61. The van der Waals surface area contributed by atoms with Gasteiger partial charge in [0.15, 0.2) is 18.9 Å². The van der Waals surface area contributed by atoms with Crippen molar-refractivity contribution in [1.82, 2.24) is 0 Å². The van der Waals surface area contributed by atoms with Crippen molar-refractivity contribution in [2.75, 3.05) is 13.2 Å². The summed E-state index contributed by atoms with van der Waals surface area (Å²) in [5.74, 6) is -0.880. The van der Waals surface area contributed by atoms with Crippen molar-refractivity contribution < 1.29 is 49.6 Å². The molecular formula is C15H24O10. The molecule has 1 saturated carbocycles. The van der Waals surface area contributed by atoms with E-state index < -0.39 is 67.5 Å². The van der Waals surface area contributed by atoms with Crippen LogP contribution < -0.4 is 0 Å². The van der Waals surface area contributed by atoms with E-state index in [1.54, 1.807) is 0 Å². The molecule has 4 bridgehead atoms. The van der Waals surface area contributed by atoms with Crippen LogP contribution in [0.2, 0.25) is 0 Å². The first-order chi connectivity index (χ1) is 11.8. The Hall–Kier alpha value is -0.400. The predicted octanol–water partition coefficient (Wildman–Crippen LogP) is -3.37. The molecular weight excluding hydrogens is 340 g/mol. The minimum atomic E-state index is -1.57. The van der Waals surface area contributed by atoms with Gasteiger partial charge in [-0.2, -0.15) is 0 Å². The highest BCUT2D eigenvalue weighted by Gasteiger charge is 2.63. The zero-order chi connectivity index (χ0) is 17.9. The third-order valence-electron chi connectivity index (χ3n) is 5.82. The van der Waals surface area contributed by atoms with Crippen LogP contribution in [0.25, 0.3) is 0 Å². The number of ether oxygens (including phenoxy) is 4. The van der Waals surface area contributed by atoms with Gasteiger partial charge in [0, 0.05) is 24.7 Å². The second-order valence-corrected chi connectivity index (χ2v) is 7.38. The molecule has 10 nitrogen and oxygen atoms in total. The average molecular weight is 364 g/mol. The molecule has 4 saturated heterocycles. The lowest BCUT2D eigenvalue weighted by Gasteiger charge is -2.44. The smallest absolute Gasteiger partial charge is 0.189 e. The van der Waals surface area contributed by atoms with Crippen LogP contribution in [0.4, 0.5) is 0 Å². The molecule has 0 aromatic heterocycles. The van der Waals surface area contributed by atoms with Crippen LogP contribution in [0.3, 0.4) is 0 Å². The Morgan fingerprint density at radius 3 is 2.48 bits per heavy atom. The van der Waals surface area contributed by atoms with E-state index in [9.17, 15) is 30.6 Å². The SMILES string of the molecule is OC[C@H]1O[C@@H](O[C@@H]2O[C@@H]3C[C@@H]4[C@H]2[C@](O)(CO3)C[C@H]4O)[C@H](O)[C@@H](O)[C@@H]1O. The van der Waals surface area contributed by atoms with Crippen molar-refractivity contribution in [3.63, 3.8) is 0 Å². The van der Waals surface area contributed by atoms with Gasteiger partial charge in [0.05, 0.1) is 24.9 Å². The first kappa shape index (κ1) is 18.0. The molecule has 5 aliphatic rings. The zero-order valence-electron chi connectivity index (χ0n) is 13.4. The van der Waals surface area contributed by atoms with Gasteiger partial charge in [-0.15, -0.1) is 0 Å². The monoisotopic (exact) mass is 364 g/mol. The van der Waals surface area contributed by atoms with E-state index in [2.05, 4.69) is 0 Å². The predicted molar refractivity (Wildman–Crippen MR) is 76.6 cm³/mol. The van der Waals surface area contributed by atoms with Crippen molar-refractivity contribution in [2.45, 2.75) is 67.8 Å². The Labute approximate surface area is 143 Å². The van der Waals surface area contributed by atoms with Crippen molar-refractivity contribution in [2.24, 2.45) is 11.8 Å². The number of hydrogen-bond donors (Lipinski definition) is 6. The van der Waals surface area contributed by atoms with Crippen LogP contribution in [0.15, 0.2) is 0 Å². The molecule has 0 aromatic rings. The summed E-state index contributed by atoms with van der Waals surface area (Å²) in [6.45, 7) is -0.568. The third-order valence-corrected chi connectivity index (χ3v) is 5.82. The molecule has 0 amide bonds. The second kappa shape index (κ2) is 6.34. The number of rotatable bonds is 3. The molecule has 0 radical (unpaired) electrons. The average Bonchev–Trinajstić information content (AvgIpc) is 2.69. The molecule has 5 rings (SSSR count). The van der Waals surface area contributed by atoms with E-state index >= 15 is 0 Å². The fourth-order valence-electron chi connectivity index (χ4n) is 4.49. The van der Waals surface area contributed by atoms with Gasteiger partial charge in [0.25, 0.3) is 0 Å². The number of aliphatic hydroxyl groups excluding tert-OH is 5. The molecule has 144 valence electrons. The van der Waals surface area contributed by atoms with E-state index in [1.807, 2.05) is 0 Å². The summed E-state index contributed by atoms with van der Waals surface area (Å²) < 4.78 is 22.2. The van der Waals surface area contributed by atoms with Gasteiger partial charge < -0.3 is 49.6 Å². The van der Waals surface area contributed by atoms with Gasteiger partial charge in [-0.1, -0.05) is 0 Å². The highest BCUT2D eigenvalue weighted by atomic mass is 16.8. The highest BCUT2D eigenvalue weighted by Crippen LogP contribution is 2.52. The summed E-state index contributed by atoms with van der Waals surface area (Å²) in [6.07, 6.45) is -8.97. The molecule has 0 aromatic carbocycles. The molecule has 6 N–H and O–H groups in total. The van der Waals surface area contributed by atoms with Crippen molar-refractivity contribution in [3.05, 3.63) is 0 Å². The Bertz CT molecular complexity index is 503. The minimum Gasteiger partial charge on any atom is -0.394 e. The fraction of sp³-hybridized carbons (Fsp3) is 1.00. The van der Waals surface area contributed by atoms with Gasteiger partial charge in [-0.25, -0.2) is 0 Å². The topological polar surface area (TPSA) is 158 Å². The molecule has 5 fully saturated rings. The Kier molecular flexibility index (Phi) is 4.56. The van der Waals surface area contributed by atoms with Crippen LogP contribution in [0, 0.1) is 11.8 Å². The van der Waals surface area contributed by atoms with E-state index in [-0.39, 0.29) is 18.9 Å². The summed E-state index contributed by atoms with van der Waals surface area (Å²) in [6, 6.07) is 0. The van der Waals surface area contributed by atoms with Crippen molar-refractivity contribution in [1.29, 1.82) is 0 Å². The minimum absolute atomic E-state index is 0.00440. The Balaban J connectivity index is 1.54. The summed E-state index contributed by atoms with van der Waals surface area (Å²) in [5, 5.41) is 60.1. The largest absolute Gasteiger partial charge is 0.394 e. The lowest BCUT2D eigenvalue weighted by molar-refractivity contribution is -0.370. The molecule has 0 spiro atoms. The maximum atomic E-state index is 10.8. The molecule has 25 heavy (non-hydrogen) atoms.